The van der Waals surface area contributed by atoms with Crippen molar-refractivity contribution in [2.75, 3.05) is 11.9 Å². The predicted molar refractivity (Wildman–Crippen MR) is 122 cm³/mol. The number of hydrogen-bond donors (Lipinski definition) is 1. The van der Waals surface area contributed by atoms with E-state index < -0.39 is 11.9 Å². The summed E-state index contributed by atoms with van der Waals surface area (Å²) in [4.78, 5) is 29.0. The van der Waals surface area contributed by atoms with Crippen molar-refractivity contribution in [1.29, 1.82) is 0 Å². The van der Waals surface area contributed by atoms with E-state index in [1.165, 1.54) is 17.2 Å². The van der Waals surface area contributed by atoms with Gasteiger partial charge in [0.1, 0.15) is 11.5 Å². The summed E-state index contributed by atoms with van der Waals surface area (Å²) in [6.07, 6.45) is 2.56. The number of likely N-dealkylation sites (tertiary alicyclic amines) is 1. The minimum absolute atomic E-state index is 0.214. The van der Waals surface area contributed by atoms with Gasteiger partial charge < -0.3 is 10.2 Å². The highest BCUT2D eigenvalue weighted by Gasteiger charge is 2.37. The number of anilines is 1. The standard InChI is InChI=1S/C23H27F3N8O/c1-4-16(32-20-12-27-19(11-28-20)23(24,25)26)17-7-5-14(2)13-33(17)22(35)21-18(8-6-15(3)31-21)34-29-9-10-30-34/h6,8-12,14,16-17H,4-5,7,13H2,1-3H3,(H,28,32). The average Bonchev–Trinajstić information content (AvgIpc) is 3.37. The number of nitrogens with one attached hydrogen (secondary N) is 1. The van der Waals surface area contributed by atoms with Crippen molar-refractivity contribution in [1.82, 2.24) is 34.8 Å². The van der Waals surface area contributed by atoms with Crippen LogP contribution in [0, 0.1) is 12.8 Å². The Morgan fingerprint density at radius 3 is 2.54 bits per heavy atom. The van der Waals surface area contributed by atoms with Crippen LogP contribution in [0.5, 0.6) is 0 Å². The van der Waals surface area contributed by atoms with E-state index in [0.29, 0.717) is 30.5 Å². The van der Waals surface area contributed by atoms with Crippen molar-refractivity contribution in [2.45, 2.75) is 58.3 Å². The molecule has 0 aromatic carbocycles. The molecule has 0 saturated carbocycles. The van der Waals surface area contributed by atoms with Crippen molar-refractivity contribution >= 4 is 11.7 Å². The summed E-state index contributed by atoms with van der Waals surface area (Å²) in [5, 5.41) is 11.5. The molecule has 3 atom stereocenters. The lowest BCUT2D eigenvalue weighted by atomic mass is 9.88. The van der Waals surface area contributed by atoms with Crippen LogP contribution in [0.1, 0.15) is 55.0 Å². The van der Waals surface area contributed by atoms with Gasteiger partial charge in [-0.05, 0) is 44.2 Å². The summed E-state index contributed by atoms with van der Waals surface area (Å²) in [7, 11) is 0. The highest BCUT2D eigenvalue weighted by Crippen LogP contribution is 2.30. The van der Waals surface area contributed by atoms with Gasteiger partial charge in [-0.2, -0.15) is 23.4 Å². The summed E-state index contributed by atoms with van der Waals surface area (Å²) in [6, 6.07) is 3.11. The fraction of sp³-hybridized carbons (Fsp3) is 0.478. The monoisotopic (exact) mass is 488 g/mol. The Morgan fingerprint density at radius 1 is 1.17 bits per heavy atom. The number of nitrogens with zero attached hydrogens (tertiary/aromatic N) is 7. The third-order valence-electron chi connectivity index (χ3n) is 6.15. The quantitative estimate of drug-likeness (QED) is 0.561. The maximum atomic E-state index is 13.9. The minimum Gasteiger partial charge on any atom is -0.364 e. The number of rotatable bonds is 6. The van der Waals surface area contributed by atoms with Gasteiger partial charge in [0.25, 0.3) is 5.91 Å². The van der Waals surface area contributed by atoms with Gasteiger partial charge in [0, 0.05) is 18.3 Å². The first-order valence-corrected chi connectivity index (χ1v) is 11.5. The second kappa shape index (κ2) is 9.96. The number of pyridine rings is 1. The zero-order chi connectivity index (χ0) is 25.2. The van der Waals surface area contributed by atoms with Crippen molar-refractivity contribution in [2.24, 2.45) is 5.92 Å². The second-order valence-corrected chi connectivity index (χ2v) is 8.79. The van der Waals surface area contributed by atoms with E-state index in [1.54, 1.807) is 12.1 Å². The lowest BCUT2D eigenvalue weighted by Gasteiger charge is -2.42. The Morgan fingerprint density at radius 2 is 1.91 bits per heavy atom. The molecule has 3 aromatic rings. The molecule has 4 rings (SSSR count). The number of aromatic nitrogens is 6. The molecule has 0 bridgehead atoms. The van der Waals surface area contributed by atoms with Gasteiger partial charge in [-0.15, -0.1) is 4.80 Å². The van der Waals surface area contributed by atoms with E-state index in [9.17, 15) is 18.0 Å². The van der Waals surface area contributed by atoms with Gasteiger partial charge in [0.05, 0.1) is 30.8 Å². The second-order valence-electron chi connectivity index (χ2n) is 8.79. The maximum Gasteiger partial charge on any atom is 0.434 e. The number of piperidine rings is 1. The zero-order valence-electron chi connectivity index (χ0n) is 19.7. The van der Waals surface area contributed by atoms with E-state index in [-0.39, 0.29) is 35.4 Å². The molecular formula is C23H27F3N8O. The smallest absolute Gasteiger partial charge is 0.364 e. The predicted octanol–water partition coefficient (Wildman–Crippen LogP) is 3.91. The number of hydrogen-bond acceptors (Lipinski definition) is 7. The van der Waals surface area contributed by atoms with Crippen LogP contribution in [-0.2, 0) is 6.18 Å². The van der Waals surface area contributed by atoms with Gasteiger partial charge in [0.2, 0.25) is 0 Å². The lowest BCUT2D eigenvalue weighted by Crippen LogP contribution is -2.54. The molecular weight excluding hydrogens is 461 g/mol. The Kier molecular flexibility index (Phi) is 6.99. The van der Waals surface area contributed by atoms with Gasteiger partial charge >= 0.3 is 6.18 Å². The molecule has 1 saturated heterocycles. The molecule has 1 aliphatic heterocycles. The Balaban J connectivity index is 1.62. The number of carbonyl (C=O) groups is 1. The van der Waals surface area contributed by atoms with Crippen molar-refractivity contribution in [3.05, 3.63) is 54.0 Å². The molecule has 1 aliphatic rings. The number of amides is 1. The fourth-order valence-corrected chi connectivity index (χ4v) is 4.38. The SMILES string of the molecule is CCC(Nc1cnc(C(F)(F)F)cn1)C1CCC(C)CN1C(=O)c1nc(C)ccc1-n1nccn1. The summed E-state index contributed by atoms with van der Waals surface area (Å²) in [5.41, 5.74) is 0.377. The normalized spacial score (nSPS) is 19.4. The molecule has 0 radical (unpaired) electrons. The highest BCUT2D eigenvalue weighted by atomic mass is 19.4. The summed E-state index contributed by atoms with van der Waals surface area (Å²) in [6.45, 7) is 6.39. The number of halogens is 3. The summed E-state index contributed by atoms with van der Waals surface area (Å²) >= 11 is 0. The molecule has 3 aromatic heterocycles. The van der Waals surface area contributed by atoms with Crippen LogP contribution in [-0.4, -0.2) is 59.4 Å². The Bertz CT molecular complexity index is 1150. The lowest BCUT2D eigenvalue weighted by molar-refractivity contribution is -0.141. The van der Waals surface area contributed by atoms with Gasteiger partial charge in [-0.25, -0.2) is 15.0 Å². The van der Waals surface area contributed by atoms with Crippen LogP contribution in [0.25, 0.3) is 5.69 Å². The first kappa shape index (κ1) is 24.6. The number of alkyl halides is 3. The molecule has 1 amide bonds. The van der Waals surface area contributed by atoms with Crippen LogP contribution >= 0.6 is 0 Å². The third-order valence-corrected chi connectivity index (χ3v) is 6.15. The topological polar surface area (TPSA) is 102 Å². The molecule has 4 heterocycles. The molecule has 0 spiro atoms. The first-order chi connectivity index (χ1) is 16.7. The molecule has 186 valence electrons. The van der Waals surface area contributed by atoms with Crippen molar-refractivity contribution in [3.8, 4) is 5.69 Å². The van der Waals surface area contributed by atoms with Gasteiger partial charge in [0.15, 0.2) is 11.4 Å². The molecule has 35 heavy (non-hydrogen) atoms. The van der Waals surface area contributed by atoms with Crippen LogP contribution in [0.2, 0.25) is 0 Å². The van der Waals surface area contributed by atoms with Crippen molar-refractivity contribution in [3.63, 3.8) is 0 Å². The van der Waals surface area contributed by atoms with Crippen LogP contribution in [0.15, 0.2) is 36.9 Å². The van der Waals surface area contributed by atoms with E-state index >= 15 is 0 Å². The van der Waals surface area contributed by atoms with E-state index in [0.717, 1.165) is 19.0 Å². The largest absolute Gasteiger partial charge is 0.434 e. The van der Waals surface area contributed by atoms with Crippen LogP contribution in [0.3, 0.4) is 0 Å². The van der Waals surface area contributed by atoms with Gasteiger partial charge in [-0.1, -0.05) is 13.8 Å². The van der Waals surface area contributed by atoms with Crippen molar-refractivity contribution < 1.29 is 18.0 Å². The van der Waals surface area contributed by atoms with Crippen LogP contribution < -0.4 is 5.32 Å². The molecule has 12 heteroatoms. The third kappa shape index (κ3) is 5.41. The number of carbonyl (C=O) groups excluding carboxylic acids is 1. The number of aryl methyl sites for hydroxylation is 1. The Labute approximate surface area is 200 Å². The Hall–Kier alpha value is -3.57. The molecule has 1 fully saturated rings. The van der Waals surface area contributed by atoms with E-state index in [4.69, 9.17) is 0 Å². The summed E-state index contributed by atoms with van der Waals surface area (Å²) < 4.78 is 38.6. The fourth-order valence-electron chi connectivity index (χ4n) is 4.38. The van der Waals surface area contributed by atoms with E-state index in [1.807, 2.05) is 18.7 Å². The molecule has 9 nitrogen and oxygen atoms in total. The maximum absolute atomic E-state index is 13.9. The molecule has 1 N–H and O–H groups in total. The summed E-state index contributed by atoms with van der Waals surface area (Å²) in [5.74, 6) is 0.275. The zero-order valence-corrected chi connectivity index (χ0v) is 19.7. The van der Waals surface area contributed by atoms with Crippen LogP contribution in [0.4, 0.5) is 19.0 Å². The van der Waals surface area contributed by atoms with E-state index in [2.05, 4.69) is 37.4 Å². The average molecular weight is 489 g/mol. The first-order valence-electron chi connectivity index (χ1n) is 11.5. The molecule has 0 aliphatic carbocycles. The molecule has 3 unspecified atom stereocenters. The van der Waals surface area contributed by atoms with Gasteiger partial charge in [-0.3, -0.25) is 4.79 Å². The minimum atomic E-state index is -4.56. The highest BCUT2D eigenvalue weighted by molar-refractivity contribution is 5.96.